The number of aromatic nitrogens is 1. The van der Waals surface area contributed by atoms with E-state index in [9.17, 15) is 13.2 Å². The molecule has 1 heterocycles. The van der Waals surface area contributed by atoms with Crippen LogP contribution < -0.4 is 10.6 Å². The van der Waals surface area contributed by atoms with Crippen LogP contribution in [0.4, 0.5) is 18.9 Å². The van der Waals surface area contributed by atoms with Crippen LogP contribution in [0.25, 0.3) is 0 Å². The number of nitrogens with zero attached hydrogens (tertiary/aromatic N) is 2. The molecule has 0 aliphatic rings. The molecule has 0 saturated carbocycles. The summed E-state index contributed by atoms with van der Waals surface area (Å²) in [5.74, 6) is 0. The van der Waals surface area contributed by atoms with Gasteiger partial charge in [-0.15, -0.1) is 0 Å². The van der Waals surface area contributed by atoms with Crippen molar-refractivity contribution in [1.29, 1.82) is 0 Å². The summed E-state index contributed by atoms with van der Waals surface area (Å²) in [7, 11) is 1.31. The molecule has 0 aliphatic carbocycles. The highest BCUT2D eigenvalue weighted by Crippen LogP contribution is 2.22. The Bertz CT molecular complexity index is 392. The normalized spacial score (nSPS) is 11.2. The molecule has 1 aromatic heterocycles. The second-order valence-corrected chi connectivity index (χ2v) is 3.65. The van der Waals surface area contributed by atoms with Crippen molar-refractivity contribution in [2.75, 3.05) is 18.5 Å². The minimum absolute atomic E-state index is 0.0235. The fraction of sp³-hybridized carbons (Fsp3) is 0.333. The third-order valence-corrected chi connectivity index (χ3v) is 2.04. The lowest BCUT2D eigenvalue weighted by Gasteiger charge is -2.22. The zero-order valence-electron chi connectivity index (χ0n) is 8.45. The van der Waals surface area contributed by atoms with Crippen molar-refractivity contribution in [2.45, 2.75) is 6.18 Å². The number of hydrogen-bond acceptors (Lipinski definition) is 3. The first-order valence-corrected chi connectivity index (χ1v) is 4.75. The third-order valence-electron chi connectivity index (χ3n) is 1.85. The molecule has 0 radical (unpaired) electrons. The van der Waals surface area contributed by atoms with Gasteiger partial charge in [0.2, 0.25) is 0 Å². The van der Waals surface area contributed by atoms with E-state index in [4.69, 9.17) is 18.0 Å². The van der Waals surface area contributed by atoms with Gasteiger partial charge in [-0.05, 0) is 12.1 Å². The Morgan fingerprint density at radius 2 is 2.19 bits per heavy atom. The molecule has 2 N–H and O–H groups in total. The van der Waals surface area contributed by atoms with Crippen molar-refractivity contribution < 1.29 is 13.2 Å². The van der Waals surface area contributed by atoms with Gasteiger partial charge in [-0.25, -0.2) is 0 Å². The number of nitrogens with two attached hydrogens (primary N) is 1. The summed E-state index contributed by atoms with van der Waals surface area (Å²) in [5.41, 5.74) is 5.85. The van der Waals surface area contributed by atoms with Gasteiger partial charge in [0.25, 0.3) is 0 Å². The molecule has 0 fully saturated rings. The van der Waals surface area contributed by atoms with Crippen molar-refractivity contribution in [3.63, 3.8) is 0 Å². The van der Waals surface area contributed by atoms with Crippen LogP contribution in [0.1, 0.15) is 5.69 Å². The quantitative estimate of drug-likeness (QED) is 0.828. The van der Waals surface area contributed by atoms with Crippen molar-refractivity contribution in [3.05, 3.63) is 24.0 Å². The van der Waals surface area contributed by atoms with Gasteiger partial charge in [-0.2, -0.15) is 13.2 Å². The van der Waals surface area contributed by atoms with Gasteiger partial charge in [-0.3, -0.25) is 4.98 Å². The molecule has 7 heteroatoms. The second kappa shape index (κ2) is 4.65. The number of pyridine rings is 1. The molecule has 0 amide bonds. The van der Waals surface area contributed by atoms with Gasteiger partial charge in [0.05, 0.1) is 5.69 Å². The van der Waals surface area contributed by atoms with Gasteiger partial charge in [-0.1, -0.05) is 12.2 Å². The minimum atomic E-state index is -4.28. The number of hydrogen-bond donors (Lipinski definition) is 1. The Kier molecular flexibility index (Phi) is 3.69. The van der Waals surface area contributed by atoms with Crippen LogP contribution >= 0.6 is 12.2 Å². The molecule has 0 atom stereocenters. The first-order valence-electron chi connectivity index (χ1n) is 4.34. The smallest absolute Gasteiger partial charge is 0.388 e. The van der Waals surface area contributed by atoms with E-state index in [2.05, 4.69) is 4.98 Å². The van der Waals surface area contributed by atoms with Gasteiger partial charge in [0, 0.05) is 13.2 Å². The van der Waals surface area contributed by atoms with E-state index < -0.39 is 12.7 Å². The molecule has 0 aromatic carbocycles. The molecular formula is C9H10F3N3S. The van der Waals surface area contributed by atoms with Crippen molar-refractivity contribution in [2.24, 2.45) is 5.73 Å². The predicted octanol–water partition coefficient (Wildman–Crippen LogP) is 1.71. The highest BCUT2D eigenvalue weighted by molar-refractivity contribution is 7.80. The number of anilines is 1. The summed E-state index contributed by atoms with van der Waals surface area (Å²) in [4.78, 5) is 4.85. The average Bonchev–Trinajstić information content (AvgIpc) is 2.15. The van der Waals surface area contributed by atoms with E-state index in [0.717, 1.165) is 4.90 Å². The molecule has 1 aromatic rings. The monoisotopic (exact) mass is 249 g/mol. The fourth-order valence-electron chi connectivity index (χ4n) is 1.25. The summed E-state index contributed by atoms with van der Waals surface area (Å²) < 4.78 is 36.6. The van der Waals surface area contributed by atoms with Gasteiger partial charge in [0.15, 0.2) is 0 Å². The number of rotatable bonds is 3. The van der Waals surface area contributed by atoms with Crippen LogP contribution in [0.2, 0.25) is 0 Å². The summed E-state index contributed by atoms with van der Waals surface area (Å²) in [6.45, 7) is -1.08. The van der Waals surface area contributed by atoms with Gasteiger partial charge >= 0.3 is 6.18 Å². The van der Waals surface area contributed by atoms with E-state index >= 15 is 0 Å². The molecule has 3 nitrogen and oxygen atoms in total. The van der Waals surface area contributed by atoms with E-state index in [1.807, 2.05) is 0 Å². The minimum Gasteiger partial charge on any atom is -0.388 e. The zero-order chi connectivity index (χ0) is 12.3. The van der Waals surface area contributed by atoms with Crippen molar-refractivity contribution >= 4 is 22.9 Å². The first-order chi connectivity index (χ1) is 7.31. The molecular weight excluding hydrogens is 239 g/mol. The maximum absolute atomic E-state index is 12.2. The SMILES string of the molecule is CN(CC(F)(F)F)c1cccnc1C(N)=S. The van der Waals surface area contributed by atoms with E-state index in [-0.39, 0.29) is 16.4 Å². The maximum Gasteiger partial charge on any atom is 0.405 e. The zero-order valence-corrected chi connectivity index (χ0v) is 9.27. The Morgan fingerprint density at radius 1 is 1.56 bits per heavy atom. The number of alkyl halides is 3. The summed E-state index contributed by atoms with van der Waals surface area (Å²) in [6, 6.07) is 3.03. The first kappa shape index (κ1) is 12.7. The van der Waals surface area contributed by atoms with Crippen molar-refractivity contribution in [1.82, 2.24) is 4.98 Å². The lowest BCUT2D eigenvalue weighted by Crippen LogP contribution is -2.32. The summed E-state index contributed by atoms with van der Waals surface area (Å²) in [5, 5.41) is 0. The molecule has 0 spiro atoms. The van der Waals surface area contributed by atoms with Crippen LogP contribution in [-0.2, 0) is 0 Å². The number of thiocarbonyl (C=S) groups is 1. The maximum atomic E-state index is 12.2. The molecule has 88 valence electrons. The van der Waals surface area contributed by atoms with E-state index in [1.165, 1.54) is 25.4 Å². The standard InChI is InChI=1S/C9H10F3N3S/c1-15(5-9(10,11)12)6-3-2-4-14-7(6)8(13)16/h2-4H,5H2,1H3,(H2,13,16). The average molecular weight is 249 g/mol. The highest BCUT2D eigenvalue weighted by atomic mass is 32.1. The third kappa shape index (κ3) is 3.34. The second-order valence-electron chi connectivity index (χ2n) is 3.21. The molecule has 0 unspecified atom stereocenters. The summed E-state index contributed by atoms with van der Waals surface area (Å²) >= 11 is 4.72. The van der Waals surface area contributed by atoms with Crippen LogP contribution in [0, 0.1) is 0 Å². The molecule has 0 aliphatic heterocycles. The molecule has 0 saturated heterocycles. The number of halogens is 3. The van der Waals surface area contributed by atoms with E-state index in [1.54, 1.807) is 0 Å². The fourth-order valence-corrected chi connectivity index (χ4v) is 1.41. The van der Waals surface area contributed by atoms with Crippen LogP contribution in [0.5, 0.6) is 0 Å². The lowest BCUT2D eigenvalue weighted by molar-refractivity contribution is -0.119. The Morgan fingerprint density at radius 3 is 2.69 bits per heavy atom. The molecule has 0 bridgehead atoms. The molecule has 16 heavy (non-hydrogen) atoms. The van der Waals surface area contributed by atoms with Gasteiger partial charge in [0.1, 0.15) is 17.2 Å². The van der Waals surface area contributed by atoms with Crippen LogP contribution in [-0.4, -0.2) is 29.7 Å². The Balaban J connectivity index is 2.99. The van der Waals surface area contributed by atoms with Crippen molar-refractivity contribution in [3.8, 4) is 0 Å². The van der Waals surface area contributed by atoms with Crippen LogP contribution in [0.3, 0.4) is 0 Å². The Hall–Kier alpha value is -1.37. The largest absolute Gasteiger partial charge is 0.405 e. The van der Waals surface area contributed by atoms with Gasteiger partial charge < -0.3 is 10.6 Å². The van der Waals surface area contributed by atoms with E-state index in [0.29, 0.717) is 0 Å². The Labute approximate surface area is 96.1 Å². The highest BCUT2D eigenvalue weighted by Gasteiger charge is 2.30. The predicted molar refractivity (Wildman–Crippen MR) is 59.4 cm³/mol. The lowest BCUT2D eigenvalue weighted by atomic mass is 10.2. The topological polar surface area (TPSA) is 42.2 Å². The van der Waals surface area contributed by atoms with Crippen LogP contribution in [0.15, 0.2) is 18.3 Å². The molecule has 1 rings (SSSR count). The summed E-state index contributed by atoms with van der Waals surface area (Å²) in [6.07, 6.45) is -2.85.